The first kappa shape index (κ1) is 12.0. The van der Waals surface area contributed by atoms with Crippen molar-refractivity contribution in [1.29, 1.82) is 5.53 Å². The number of nitrogens with two attached hydrogens (primary N) is 1. The van der Waals surface area contributed by atoms with Crippen LogP contribution in [-0.4, -0.2) is 31.1 Å². The average Bonchev–Trinajstić information content (AvgIpc) is 2.17. The van der Waals surface area contributed by atoms with E-state index in [1.165, 1.54) is 12.2 Å². The third-order valence-electron chi connectivity index (χ3n) is 2.14. The van der Waals surface area contributed by atoms with Gasteiger partial charge in [0.05, 0.1) is 11.7 Å². The van der Waals surface area contributed by atoms with E-state index in [1.807, 2.05) is 0 Å². The summed E-state index contributed by atoms with van der Waals surface area (Å²) >= 11 is 0. The van der Waals surface area contributed by atoms with Crippen molar-refractivity contribution in [1.82, 2.24) is 0 Å². The minimum absolute atomic E-state index is 0.0520. The Hall–Kier alpha value is -1.09. The van der Waals surface area contributed by atoms with Gasteiger partial charge in [0.2, 0.25) is 4.93 Å². The first-order valence-corrected chi connectivity index (χ1v) is 5.37. The van der Waals surface area contributed by atoms with Gasteiger partial charge in [0.25, 0.3) is 0 Å². The molecule has 0 aromatic heterocycles. The van der Waals surface area contributed by atoms with Crippen molar-refractivity contribution < 1.29 is 17.7 Å². The van der Waals surface area contributed by atoms with E-state index in [0.29, 0.717) is 0 Å². The van der Waals surface area contributed by atoms with E-state index in [2.05, 4.69) is 5.11 Å². The molecule has 0 fully saturated rings. The van der Waals surface area contributed by atoms with Gasteiger partial charge in [0.1, 0.15) is 0 Å². The third kappa shape index (κ3) is 1.84. The van der Waals surface area contributed by atoms with Gasteiger partial charge < -0.3 is 10.5 Å². The first-order valence-electron chi connectivity index (χ1n) is 3.93. The molecule has 1 rings (SSSR count). The van der Waals surface area contributed by atoms with Crippen LogP contribution in [-0.2, 0) is 14.9 Å². The SMILES string of the molecule is CO[C@@]1(S(=O)(=O)O)C=C(N=N)C=C[C@H]1N. The van der Waals surface area contributed by atoms with Gasteiger partial charge in [0, 0.05) is 7.11 Å². The Morgan fingerprint density at radius 1 is 1.73 bits per heavy atom. The fraction of sp³-hybridized carbons (Fsp3) is 0.429. The van der Waals surface area contributed by atoms with Crippen LogP contribution >= 0.6 is 0 Å². The zero-order valence-corrected chi connectivity index (χ0v) is 8.73. The molecule has 0 heterocycles. The zero-order chi connectivity index (χ0) is 11.7. The number of allylic oxidation sites excluding steroid dienone is 1. The van der Waals surface area contributed by atoms with Crippen molar-refractivity contribution in [2.45, 2.75) is 11.0 Å². The van der Waals surface area contributed by atoms with E-state index in [1.54, 1.807) is 0 Å². The lowest BCUT2D eigenvalue weighted by atomic mass is 10.0. The molecule has 0 spiro atoms. The van der Waals surface area contributed by atoms with Gasteiger partial charge in [-0.15, -0.1) is 0 Å². The van der Waals surface area contributed by atoms with Gasteiger partial charge in [-0.25, -0.2) is 5.53 Å². The summed E-state index contributed by atoms with van der Waals surface area (Å²) in [5.41, 5.74) is 12.3. The van der Waals surface area contributed by atoms with Crippen molar-refractivity contribution in [2.24, 2.45) is 10.8 Å². The topological polar surface area (TPSA) is 126 Å². The molecule has 0 aliphatic heterocycles. The lowest BCUT2D eigenvalue weighted by Gasteiger charge is -2.32. The number of methoxy groups -OCH3 is 1. The van der Waals surface area contributed by atoms with Gasteiger partial charge in [-0.05, 0) is 12.2 Å². The number of hydrogen-bond donors (Lipinski definition) is 3. The Labute approximate surface area is 86.9 Å². The van der Waals surface area contributed by atoms with Crippen LogP contribution < -0.4 is 5.73 Å². The molecule has 4 N–H and O–H groups in total. The third-order valence-corrected chi connectivity index (χ3v) is 3.50. The molecule has 7 nitrogen and oxygen atoms in total. The lowest BCUT2D eigenvalue weighted by Crippen LogP contribution is -2.53. The summed E-state index contributed by atoms with van der Waals surface area (Å²) in [6.45, 7) is 0. The maximum absolute atomic E-state index is 11.2. The van der Waals surface area contributed by atoms with E-state index < -0.39 is 21.1 Å². The molecule has 0 bridgehead atoms. The molecule has 1 aliphatic rings. The van der Waals surface area contributed by atoms with E-state index in [0.717, 1.165) is 13.2 Å². The van der Waals surface area contributed by atoms with Crippen LogP contribution in [0.15, 0.2) is 29.0 Å². The summed E-state index contributed by atoms with van der Waals surface area (Å²) in [6, 6.07) is -1.05. The molecule has 0 unspecified atom stereocenters. The largest absolute Gasteiger partial charge is 0.355 e. The molecule has 0 saturated carbocycles. The Morgan fingerprint density at radius 3 is 2.73 bits per heavy atom. The maximum Gasteiger partial charge on any atom is 0.301 e. The monoisotopic (exact) mass is 233 g/mol. The smallest absolute Gasteiger partial charge is 0.301 e. The summed E-state index contributed by atoms with van der Waals surface area (Å²) in [7, 11) is -3.45. The minimum atomic E-state index is -4.55. The highest BCUT2D eigenvalue weighted by Crippen LogP contribution is 2.29. The molecule has 0 saturated heterocycles. The minimum Gasteiger partial charge on any atom is -0.355 e. The average molecular weight is 233 g/mol. The zero-order valence-electron chi connectivity index (χ0n) is 7.91. The van der Waals surface area contributed by atoms with Crippen LogP contribution in [0, 0.1) is 5.53 Å². The Morgan fingerprint density at radius 2 is 2.33 bits per heavy atom. The molecule has 15 heavy (non-hydrogen) atoms. The number of rotatable bonds is 3. The maximum atomic E-state index is 11.2. The van der Waals surface area contributed by atoms with Gasteiger partial charge >= 0.3 is 10.1 Å². The fourth-order valence-electron chi connectivity index (χ4n) is 1.30. The molecular formula is C7H11N3O4S. The van der Waals surface area contributed by atoms with Crippen molar-refractivity contribution in [3.05, 3.63) is 23.9 Å². The van der Waals surface area contributed by atoms with Crippen molar-refractivity contribution in [3.63, 3.8) is 0 Å². The molecule has 1 aliphatic carbocycles. The van der Waals surface area contributed by atoms with Crippen LogP contribution in [0.3, 0.4) is 0 Å². The highest BCUT2D eigenvalue weighted by molar-refractivity contribution is 7.87. The second-order valence-electron chi connectivity index (χ2n) is 2.97. The summed E-state index contributed by atoms with van der Waals surface area (Å²) in [5, 5.41) is 3.05. The highest BCUT2D eigenvalue weighted by atomic mass is 32.2. The van der Waals surface area contributed by atoms with Crippen LogP contribution in [0.5, 0.6) is 0 Å². The van der Waals surface area contributed by atoms with E-state index in [9.17, 15) is 8.42 Å². The number of ether oxygens (including phenoxy) is 1. The molecule has 0 aromatic carbocycles. The van der Waals surface area contributed by atoms with Crippen LogP contribution in [0.1, 0.15) is 0 Å². The van der Waals surface area contributed by atoms with Gasteiger partial charge in [-0.3, -0.25) is 4.55 Å². The van der Waals surface area contributed by atoms with Gasteiger partial charge in [0.15, 0.2) is 0 Å². The molecule has 2 atom stereocenters. The van der Waals surface area contributed by atoms with E-state index in [4.69, 9.17) is 20.6 Å². The van der Waals surface area contributed by atoms with Gasteiger partial charge in [-0.1, -0.05) is 6.08 Å². The van der Waals surface area contributed by atoms with Crippen molar-refractivity contribution >= 4 is 10.1 Å². The normalized spacial score (nSPS) is 31.1. The first-order chi connectivity index (χ1) is 6.87. The summed E-state index contributed by atoms with van der Waals surface area (Å²) in [6.07, 6.45) is 3.67. The number of nitrogens with one attached hydrogen (secondary N) is 1. The molecular weight excluding hydrogens is 222 g/mol. The number of nitrogens with zero attached hydrogens (tertiary/aromatic N) is 1. The molecule has 0 radical (unpaired) electrons. The summed E-state index contributed by atoms with van der Waals surface area (Å²) in [5.74, 6) is 0. The van der Waals surface area contributed by atoms with Crippen LogP contribution in [0.4, 0.5) is 0 Å². The Balaban J connectivity index is 3.37. The van der Waals surface area contributed by atoms with Crippen LogP contribution in [0.25, 0.3) is 0 Å². The Kier molecular flexibility index (Phi) is 3.05. The van der Waals surface area contributed by atoms with E-state index in [-0.39, 0.29) is 5.70 Å². The number of hydrogen-bond acceptors (Lipinski definition) is 6. The molecule has 0 amide bonds. The molecule has 0 aromatic rings. The predicted molar refractivity (Wildman–Crippen MR) is 51.6 cm³/mol. The quantitative estimate of drug-likeness (QED) is 0.468. The van der Waals surface area contributed by atoms with Crippen molar-refractivity contribution in [2.75, 3.05) is 7.11 Å². The second kappa shape index (κ2) is 3.81. The van der Waals surface area contributed by atoms with Crippen molar-refractivity contribution in [3.8, 4) is 0 Å². The molecule has 8 heteroatoms. The second-order valence-corrected chi connectivity index (χ2v) is 4.55. The van der Waals surface area contributed by atoms with E-state index >= 15 is 0 Å². The Bertz CT molecular complexity index is 428. The highest BCUT2D eigenvalue weighted by Gasteiger charge is 2.48. The predicted octanol–water partition coefficient (Wildman–Crippen LogP) is 0.0289. The molecule has 84 valence electrons. The summed E-state index contributed by atoms with van der Waals surface area (Å²) in [4.78, 5) is -2.07. The van der Waals surface area contributed by atoms with Crippen LogP contribution in [0.2, 0.25) is 0 Å². The fourth-order valence-corrected chi connectivity index (χ4v) is 2.21. The lowest BCUT2D eigenvalue weighted by molar-refractivity contribution is 0.0808. The summed E-state index contributed by atoms with van der Waals surface area (Å²) < 4.78 is 36.2. The standard InChI is InChI=1S/C7H11N3O4S/c1-14-7(15(11,12)13)4-5(10-9)2-3-6(7)8/h2-4,6,9H,8H2,1H3,(H,11,12,13)/t6-,7-/m1/s1. The van der Waals surface area contributed by atoms with Gasteiger partial charge in [-0.2, -0.15) is 13.5 Å².